The summed E-state index contributed by atoms with van der Waals surface area (Å²) in [5, 5.41) is 22.2. The van der Waals surface area contributed by atoms with Gasteiger partial charge in [-0.2, -0.15) is 5.26 Å². The third kappa shape index (κ3) is 4.80. The standard InChI is InChI=1S/C28H28ClF2N7O/c1-37-12-2-3-20(37)15-39-28-26-27(38(36-35-26)19-9-11-33-18(13-19)8-10-32)21-14-22(29)23(24(31)25(21)34-28)16-4-6-17(30)7-5-16/h4-7,14,18-20,33H,2-3,8-9,11-13,15H2,1H3/t18-,19+,20+/m1/s1. The molecule has 6 rings (SSSR count). The van der Waals surface area contributed by atoms with Gasteiger partial charge in [0, 0.05) is 23.0 Å². The SMILES string of the molecule is CN1CCC[C@H]1COc1nc2c(F)c(-c3ccc(F)cc3)c(Cl)cc2c2c1nnn2[C@H]1CCN[C@H](CC#N)C1. The molecule has 0 unspecified atom stereocenters. The summed E-state index contributed by atoms with van der Waals surface area (Å²) in [4.78, 5) is 6.86. The fourth-order valence-corrected chi connectivity index (χ4v) is 6.12. The second kappa shape index (κ2) is 10.6. The molecule has 11 heteroatoms. The summed E-state index contributed by atoms with van der Waals surface area (Å²) >= 11 is 6.66. The molecule has 2 aromatic heterocycles. The van der Waals surface area contributed by atoms with E-state index in [1.165, 1.54) is 24.3 Å². The van der Waals surface area contributed by atoms with E-state index in [2.05, 4.69) is 38.6 Å². The van der Waals surface area contributed by atoms with Crippen LogP contribution in [0, 0.1) is 23.0 Å². The summed E-state index contributed by atoms with van der Waals surface area (Å²) in [5.41, 5.74) is 1.73. The third-order valence-corrected chi connectivity index (χ3v) is 8.22. The average Bonchev–Trinajstić information content (AvgIpc) is 3.56. The zero-order valence-corrected chi connectivity index (χ0v) is 22.3. The topological polar surface area (TPSA) is 91.9 Å². The highest BCUT2D eigenvalue weighted by atomic mass is 35.5. The maximum atomic E-state index is 16.3. The number of benzene rings is 2. The minimum absolute atomic E-state index is 0.0279. The average molecular weight is 552 g/mol. The summed E-state index contributed by atoms with van der Waals surface area (Å²) in [6.45, 7) is 2.12. The van der Waals surface area contributed by atoms with E-state index in [0.29, 0.717) is 41.4 Å². The van der Waals surface area contributed by atoms with Crippen LogP contribution in [-0.4, -0.2) is 63.7 Å². The number of nitrogens with one attached hydrogen (secondary N) is 1. The maximum Gasteiger partial charge on any atom is 0.245 e. The number of halogens is 3. The van der Waals surface area contributed by atoms with Gasteiger partial charge < -0.3 is 15.0 Å². The normalized spacial score (nSPS) is 22.0. The molecule has 2 aliphatic rings. The van der Waals surface area contributed by atoms with E-state index < -0.39 is 11.6 Å². The fraction of sp³-hybridized carbons (Fsp3) is 0.429. The number of hydrogen-bond acceptors (Lipinski definition) is 7. The number of likely N-dealkylation sites (N-methyl/N-ethyl adjacent to an activating group) is 1. The van der Waals surface area contributed by atoms with Crippen LogP contribution >= 0.6 is 11.6 Å². The van der Waals surface area contributed by atoms with Gasteiger partial charge in [-0.3, -0.25) is 0 Å². The van der Waals surface area contributed by atoms with Crippen LogP contribution in [0.5, 0.6) is 5.88 Å². The van der Waals surface area contributed by atoms with Gasteiger partial charge in [0.1, 0.15) is 23.5 Å². The number of ether oxygens (including phenoxy) is 1. The molecule has 2 aliphatic heterocycles. The van der Waals surface area contributed by atoms with E-state index in [1.807, 2.05) is 4.68 Å². The Morgan fingerprint density at radius 2 is 2.03 bits per heavy atom. The highest BCUT2D eigenvalue weighted by Gasteiger charge is 2.29. The Morgan fingerprint density at radius 3 is 2.77 bits per heavy atom. The Bertz CT molecular complexity index is 1570. The molecule has 2 saturated heterocycles. The third-order valence-electron chi connectivity index (χ3n) is 7.93. The fourth-order valence-electron chi connectivity index (χ4n) is 5.82. The second-order valence-corrected chi connectivity index (χ2v) is 10.8. The Kier molecular flexibility index (Phi) is 7.06. The lowest BCUT2D eigenvalue weighted by molar-refractivity contribution is 0.195. The first-order valence-corrected chi connectivity index (χ1v) is 13.6. The quantitative estimate of drug-likeness (QED) is 0.349. The minimum atomic E-state index is -0.616. The van der Waals surface area contributed by atoms with Gasteiger partial charge in [0.15, 0.2) is 11.3 Å². The predicted octanol–water partition coefficient (Wildman–Crippen LogP) is 5.26. The highest BCUT2D eigenvalue weighted by Crippen LogP contribution is 2.40. The summed E-state index contributed by atoms with van der Waals surface area (Å²) in [6, 6.07) is 9.65. The van der Waals surface area contributed by atoms with Crippen LogP contribution in [0.1, 0.15) is 38.1 Å². The van der Waals surface area contributed by atoms with E-state index in [0.717, 1.165) is 32.4 Å². The first-order chi connectivity index (χ1) is 18.9. The second-order valence-electron chi connectivity index (χ2n) is 10.4. The Labute approximate surface area is 229 Å². The van der Waals surface area contributed by atoms with Gasteiger partial charge in [0.2, 0.25) is 5.88 Å². The number of nitrogens with zero attached hydrogens (tertiary/aromatic N) is 6. The van der Waals surface area contributed by atoms with Crippen molar-refractivity contribution in [3.8, 4) is 23.1 Å². The smallest absolute Gasteiger partial charge is 0.245 e. The van der Waals surface area contributed by atoms with Crippen LogP contribution in [0.4, 0.5) is 8.78 Å². The molecule has 3 atom stereocenters. The van der Waals surface area contributed by atoms with Crippen molar-refractivity contribution in [2.75, 3.05) is 26.7 Å². The number of nitriles is 1. The van der Waals surface area contributed by atoms with Crippen molar-refractivity contribution in [3.05, 3.63) is 47.0 Å². The molecule has 4 heterocycles. The molecule has 4 aromatic rings. The molecule has 2 fully saturated rings. The zero-order chi connectivity index (χ0) is 27.1. The van der Waals surface area contributed by atoms with Crippen molar-refractivity contribution in [1.82, 2.24) is 30.2 Å². The number of hydrogen-bond donors (Lipinski definition) is 1. The van der Waals surface area contributed by atoms with E-state index in [1.54, 1.807) is 6.07 Å². The van der Waals surface area contributed by atoms with Crippen molar-refractivity contribution >= 4 is 33.5 Å². The van der Waals surface area contributed by atoms with Crippen LogP contribution in [0.3, 0.4) is 0 Å². The molecule has 0 radical (unpaired) electrons. The van der Waals surface area contributed by atoms with Crippen molar-refractivity contribution in [2.24, 2.45) is 0 Å². The molecule has 0 amide bonds. The van der Waals surface area contributed by atoms with Gasteiger partial charge in [-0.25, -0.2) is 18.4 Å². The highest BCUT2D eigenvalue weighted by molar-refractivity contribution is 6.34. The van der Waals surface area contributed by atoms with Gasteiger partial charge in [0.05, 0.1) is 23.6 Å². The largest absolute Gasteiger partial charge is 0.474 e. The predicted molar refractivity (Wildman–Crippen MR) is 145 cm³/mol. The number of rotatable bonds is 6. The minimum Gasteiger partial charge on any atom is -0.474 e. The lowest BCUT2D eigenvalue weighted by atomic mass is 9.97. The summed E-state index contributed by atoms with van der Waals surface area (Å²) in [6.07, 6.45) is 3.94. The van der Waals surface area contributed by atoms with Crippen LogP contribution in [-0.2, 0) is 0 Å². The van der Waals surface area contributed by atoms with Crippen molar-refractivity contribution in [3.63, 3.8) is 0 Å². The van der Waals surface area contributed by atoms with Gasteiger partial charge in [-0.15, -0.1) is 5.10 Å². The molecule has 0 bridgehead atoms. The monoisotopic (exact) mass is 551 g/mol. The van der Waals surface area contributed by atoms with E-state index in [4.69, 9.17) is 16.3 Å². The molecule has 8 nitrogen and oxygen atoms in total. The van der Waals surface area contributed by atoms with E-state index >= 15 is 4.39 Å². The van der Waals surface area contributed by atoms with Crippen LogP contribution in [0.2, 0.25) is 5.02 Å². The van der Waals surface area contributed by atoms with Gasteiger partial charge >= 0.3 is 0 Å². The molecule has 39 heavy (non-hydrogen) atoms. The number of aromatic nitrogens is 4. The Morgan fingerprint density at radius 1 is 1.21 bits per heavy atom. The maximum absolute atomic E-state index is 16.3. The molecular weight excluding hydrogens is 524 g/mol. The molecule has 202 valence electrons. The van der Waals surface area contributed by atoms with Gasteiger partial charge in [0.25, 0.3) is 0 Å². The molecule has 2 aromatic carbocycles. The van der Waals surface area contributed by atoms with Crippen LogP contribution < -0.4 is 10.1 Å². The molecule has 0 aliphatic carbocycles. The first kappa shape index (κ1) is 25.9. The molecule has 0 saturated carbocycles. The summed E-state index contributed by atoms with van der Waals surface area (Å²) < 4.78 is 37.9. The van der Waals surface area contributed by atoms with Crippen LogP contribution in [0.25, 0.3) is 33.1 Å². The number of piperidine rings is 1. The number of likely N-dealkylation sites (tertiary alicyclic amines) is 1. The summed E-state index contributed by atoms with van der Waals surface area (Å²) in [7, 11) is 2.06. The first-order valence-electron chi connectivity index (χ1n) is 13.2. The van der Waals surface area contributed by atoms with Gasteiger partial charge in [-0.1, -0.05) is 28.9 Å². The lowest BCUT2D eigenvalue weighted by Gasteiger charge is -2.29. The van der Waals surface area contributed by atoms with Gasteiger partial charge in [-0.05, 0) is 69.6 Å². The zero-order valence-electron chi connectivity index (χ0n) is 21.5. The number of pyridine rings is 1. The van der Waals surface area contributed by atoms with Crippen molar-refractivity contribution < 1.29 is 13.5 Å². The lowest BCUT2D eigenvalue weighted by Crippen LogP contribution is -2.38. The van der Waals surface area contributed by atoms with Crippen LogP contribution in [0.15, 0.2) is 30.3 Å². The number of fused-ring (bicyclic) bond motifs is 3. The van der Waals surface area contributed by atoms with Crippen molar-refractivity contribution in [1.29, 1.82) is 5.26 Å². The molecule has 0 spiro atoms. The van der Waals surface area contributed by atoms with E-state index in [-0.39, 0.29) is 40.1 Å². The Hall–Kier alpha value is -3.39. The Balaban J connectivity index is 1.52. The molecule has 1 N–H and O–H groups in total. The molecular formula is C28H28ClF2N7O. The summed E-state index contributed by atoms with van der Waals surface area (Å²) in [5.74, 6) is -0.817. The van der Waals surface area contributed by atoms with E-state index in [9.17, 15) is 9.65 Å². The van der Waals surface area contributed by atoms with Crippen molar-refractivity contribution in [2.45, 2.75) is 50.2 Å².